The van der Waals surface area contributed by atoms with E-state index in [9.17, 15) is 0 Å². The lowest BCUT2D eigenvalue weighted by atomic mass is 10.1. The zero-order valence-corrected chi connectivity index (χ0v) is 11.4. The number of hydrogen-bond donors (Lipinski definition) is 2. The summed E-state index contributed by atoms with van der Waals surface area (Å²) in [5.41, 5.74) is 4.93. The van der Waals surface area contributed by atoms with Gasteiger partial charge in [-0.15, -0.1) is 0 Å². The van der Waals surface area contributed by atoms with Gasteiger partial charge in [-0.05, 0) is 30.5 Å². The summed E-state index contributed by atoms with van der Waals surface area (Å²) in [7, 11) is 1.92. The van der Waals surface area contributed by atoms with Crippen molar-refractivity contribution in [2.24, 2.45) is 12.9 Å². The van der Waals surface area contributed by atoms with Crippen molar-refractivity contribution in [3.05, 3.63) is 54.0 Å². The number of para-hydroxylation sites is 1. The molecule has 3 aromatic rings. The number of nitrogens with zero attached hydrogens (tertiary/aromatic N) is 2. The first-order valence-corrected chi connectivity index (χ1v) is 6.68. The van der Waals surface area contributed by atoms with Crippen molar-refractivity contribution < 1.29 is 4.42 Å². The van der Waals surface area contributed by atoms with E-state index in [1.165, 1.54) is 5.56 Å². The van der Waals surface area contributed by atoms with Crippen LogP contribution in [0.4, 0.5) is 0 Å². The average molecular weight is 270 g/mol. The molecule has 0 radical (unpaired) electrons. The lowest BCUT2D eigenvalue weighted by molar-refractivity contribution is 0.417. The fourth-order valence-electron chi connectivity index (χ4n) is 2.39. The smallest absolute Gasteiger partial charge is 0.134 e. The minimum absolute atomic E-state index is 0.00241. The van der Waals surface area contributed by atoms with Crippen molar-refractivity contribution in [3.63, 3.8) is 0 Å². The van der Waals surface area contributed by atoms with E-state index < -0.39 is 0 Å². The highest BCUT2D eigenvalue weighted by molar-refractivity contribution is 5.77. The van der Waals surface area contributed by atoms with Gasteiger partial charge in [-0.2, -0.15) is 5.10 Å². The first kappa shape index (κ1) is 12.9. The topological polar surface area (TPSA) is 69.0 Å². The van der Waals surface area contributed by atoms with Crippen LogP contribution in [0.5, 0.6) is 0 Å². The van der Waals surface area contributed by atoms with Crippen molar-refractivity contribution in [1.29, 1.82) is 0 Å². The Morgan fingerprint density at radius 3 is 2.95 bits per heavy atom. The van der Waals surface area contributed by atoms with Gasteiger partial charge in [0.15, 0.2) is 0 Å². The largest absolute Gasteiger partial charge is 0.459 e. The normalized spacial score (nSPS) is 12.9. The molecule has 5 heteroatoms. The van der Waals surface area contributed by atoms with E-state index >= 15 is 0 Å². The average Bonchev–Trinajstić information content (AvgIpc) is 3.05. The summed E-state index contributed by atoms with van der Waals surface area (Å²) in [6, 6.07) is 10.0. The van der Waals surface area contributed by atoms with Crippen molar-refractivity contribution in [2.75, 3.05) is 0 Å². The predicted molar refractivity (Wildman–Crippen MR) is 77.8 cm³/mol. The van der Waals surface area contributed by atoms with Crippen LogP contribution in [0.2, 0.25) is 0 Å². The second-order valence-corrected chi connectivity index (χ2v) is 4.97. The number of nitrogens with two attached hydrogens (primary N) is 1. The molecule has 5 nitrogen and oxygen atoms in total. The molecule has 0 aliphatic heterocycles. The second kappa shape index (κ2) is 5.48. The molecule has 0 saturated heterocycles. The molecule has 0 fully saturated rings. The van der Waals surface area contributed by atoms with E-state index in [4.69, 9.17) is 10.3 Å². The molecule has 2 heterocycles. The Morgan fingerprint density at radius 2 is 2.25 bits per heavy atom. The third-order valence-electron chi connectivity index (χ3n) is 3.47. The molecule has 0 spiro atoms. The summed E-state index contributed by atoms with van der Waals surface area (Å²) in [6.45, 7) is 0. The van der Waals surface area contributed by atoms with Crippen molar-refractivity contribution in [1.82, 2.24) is 15.2 Å². The number of benzene rings is 1. The Morgan fingerprint density at radius 1 is 1.40 bits per heavy atom. The Labute approximate surface area is 117 Å². The number of aryl methyl sites for hydroxylation is 2. The van der Waals surface area contributed by atoms with E-state index in [2.05, 4.69) is 10.5 Å². The van der Waals surface area contributed by atoms with Crippen molar-refractivity contribution in [3.8, 4) is 0 Å². The van der Waals surface area contributed by atoms with Gasteiger partial charge in [0.2, 0.25) is 0 Å². The highest BCUT2D eigenvalue weighted by atomic mass is 16.3. The summed E-state index contributed by atoms with van der Waals surface area (Å²) < 4.78 is 7.66. The lowest BCUT2D eigenvalue weighted by Crippen LogP contribution is -2.28. The number of hydrazine groups is 1. The maximum atomic E-state index is 5.85. The van der Waals surface area contributed by atoms with E-state index in [-0.39, 0.29) is 6.04 Å². The fraction of sp³-hybridized carbons (Fsp3) is 0.267. The van der Waals surface area contributed by atoms with Gasteiger partial charge < -0.3 is 4.42 Å². The molecule has 3 N–H and O–H groups in total. The highest BCUT2D eigenvalue weighted by Gasteiger charge is 2.15. The van der Waals surface area contributed by atoms with Gasteiger partial charge in [-0.25, -0.2) is 5.43 Å². The summed E-state index contributed by atoms with van der Waals surface area (Å²) in [5, 5.41) is 5.27. The van der Waals surface area contributed by atoms with Gasteiger partial charge >= 0.3 is 0 Å². The number of rotatable bonds is 5. The van der Waals surface area contributed by atoms with E-state index in [0.717, 1.165) is 29.6 Å². The molecule has 104 valence electrons. The molecule has 2 aromatic heterocycles. The maximum absolute atomic E-state index is 5.85. The van der Waals surface area contributed by atoms with Crippen LogP contribution < -0.4 is 11.3 Å². The van der Waals surface area contributed by atoms with Gasteiger partial charge in [-0.1, -0.05) is 18.2 Å². The lowest BCUT2D eigenvalue weighted by Gasteiger charge is -2.12. The first-order chi connectivity index (χ1) is 9.76. The first-order valence-electron chi connectivity index (χ1n) is 6.68. The number of furan rings is 1. The number of hydrogen-bond acceptors (Lipinski definition) is 4. The molecule has 0 bridgehead atoms. The molecular formula is C15H18N4O. The molecule has 0 aliphatic rings. The second-order valence-electron chi connectivity index (χ2n) is 4.97. The van der Waals surface area contributed by atoms with E-state index in [0.29, 0.717) is 0 Å². The molecule has 0 aliphatic carbocycles. The molecule has 3 rings (SSSR count). The Balaban J connectivity index is 1.75. The molecule has 1 aromatic carbocycles. The summed E-state index contributed by atoms with van der Waals surface area (Å²) in [4.78, 5) is 0. The highest BCUT2D eigenvalue weighted by Crippen LogP contribution is 2.26. The van der Waals surface area contributed by atoms with Crippen LogP contribution in [0, 0.1) is 0 Å². The summed E-state index contributed by atoms with van der Waals surface area (Å²) in [5.74, 6) is 6.54. The minimum Gasteiger partial charge on any atom is -0.459 e. The molecule has 0 amide bonds. The predicted octanol–water partition coefficient (Wildman–Crippen LogP) is 2.30. The van der Waals surface area contributed by atoms with Crippen molar-refractivity contribution in [2.45, 2.75) is 18.9 Å². The summed E-state index contributed by atoms with van der Waals surface area (Å²) in [6.07, 6.45) is 5.67. The van der Waals surface area contributed by atoms with Gasteiger partial charge in [0.05, 0.1) is 12.2 Å². The van der Waals surface area contributed by atoms with Crippen LogP contribution >= 0.6 is 0 Å². The van der Waals surface area contributed by atoms with Gasteiger partial charge in [0, 0.05) is 18.6 Å². The van der Waals surface area contributed by atoms with Crippen LogP contribution in [-0.4, -0.2) is 9.78 Å². The number of aromatic nitrogens is 2. The zero-order valence-electron chi connectivity index (χ0n) is 11.4. The van der Waals surface area contributed by atoms with Crippen LogP contribution in [0.3, 0.4) is 0 Å². The van der Waals surface area contributed by atoms with E-state index in [1.807, 2.05) is 49.8 Å². The van der Waals surface area contributed by atoms with Crippen LogP contribution in [0.15, 0.2) is 47.1 Å². The Bertz CT molecular complexity index is 668. The van der Waals surface area contributed by atoms with Gasteiger partial charge in [0.1, 0.15) is 11.3 Å². The zero-order chi connectivity index (χ0) is 13.9. The molecule has 20 heavy (non-hydrogen) atoms. The quantitative estimate of drug-likeness (QED) is 0.551. The third-order valence-corrected chi connectivity index (χ3v) is 3.47. The SMILES string of the molecule is Cn1cc(CCC(NN)c2cc3ccccc3o2)cn1. The van der Waals surface area contributed by atoms with E-state index in [1.54, 1.807) is 4.68 Å². The van der Waals surface area contributed by atoms with Crippen LogP contribution in [0.1, 0.15) is 23.8 Å². The maximum Gasteiger partial charge on any atom is 0.134 e. The monoisotopic (exact) mass is 270 g/mol. The molecule has 1 atom stereocenters. The summed E-state index contributed by atoms with van der Waals surface area (Å²) >= 11 is 0. The van der Waals surface area contributed by atoms with Crippen molar-refractivity contribution >= 4 is 11.0 Å². The van der Waals surface area contributed by atoms with Crippen LogP contribution in [0.25, 0.3) is 11.0 Å². The third kappa shape index (κ3) is 2.59. The number of fused-ring (bicyclic) bond motifs is 1. The minimum atomic E-state index is 0.00241. The number of nitrogens with one attached hydrogen (secondary N) is 1. The Kier molecular flexibility index (Phi) is 3.54. The Hall–Kier alpha value is -2.11. The molecular weight excluding hydrogens is 252 g/mol. The molecule has 1 unspecified atom stereocenters. The fourth-order valence-corrected chi connectivity index (χ4v) is 2.39. The van der Waals surface area contributed by atoms with Gasteiger partial charge in [-0.3, -0.25) is 10.5 Å². The van der Waals surface area contributed by atoms with Gasteiger partial charge in [0.25, 0.3) is 0 Å². The standard InChI is InChI=1S/C15H18N4O/c1-19-10-11(9-17-19)6-7-13(18-16)15-8-12-4-2-3-5-14(12)20-15/h2-5,8-10,13,18H,6-7,16H2,1H3. The molecule has 0 saturated carbocycles. The van der Waals surface area contributed by atoms with Crippen LogP contribution in [-0.2, 0) is 13.5 Å².